The van der Waals surface area contributed by atoms with Gasteiger partial charge in [-0.05, 0) is 43.7 Å². The molecule has 1 aliphatic carbocycles. The predicted octanol–water partition coefficient (Wildman–Crippen LogP) is 2.04. The molecule has 4 nitrogen and oxygen atoms in total. The third kappa shape index (κ3) is 4.05. The van der Waals surface area contributed by atoms with Gasteiger partial charge < -0.3 is 10.6 Å². The van der Waals surface area contributed by atoms with E-state index in [1.54, 1.807) is 12.3 Å². The number of nitrogens with two attached hydrogens (primary N) is 1. The molecule has 4 heteroatoms. The summed E-state index contributed by atoms with van der Waals surface area (Å²) in [5, 5.41) is 0. The highest BCUT2D eigenvalue weighted by Gasteiger charge is 2.25. The van der Waals surface area contributed by atoms with Crippen molar-refractivity contribution in [3.63, 3.8) is 0 Å². The van der Waals surface area contributed by atoms with Crippen LogP contribution in [-0.4, -0.2) is 35.4 Å². The molecule has 0 radical (unpaired) electrons. The average Bonchev–Trinajstić information content (AvgIpc) is 2.53. The Bertz CT molecular complexity index is 533. The van der Waals surface area contributed by atoms with E-state index in [4.69, 9.17) is 5.73 Å². The second-order valence-electron chi connectivity index (χ2n) is 5.77. The van der Waals surface area contributed by atoms with Crippen LogP contribution in [0.1, 0.15) is 48.7 Å². The molecule has 1 aliphatic rings. The number of nitrogens with zero attached hydrogens (tertiary/aromatic N) is 2. The van der Waals surface area contributed by atoms with E-state index in [9.17, 15) is 4.79 Å². The third-order valence-corrected chi connectivity index (χ3v) is 4.17. The Hall–Kier alpha value is -1.86. The summed E-state index contributed by atoms with van der Waals surface area (Å²) < 4.78 is 0. The first-order valence-electron chi connectivity index (χ1n) is 7.54. The topological polar surface area (TPSA) is 59.2 Å². The first kappa shape index (κ1) is 15.5. The van der Waals surface area contributed by atoms with Crippen molar-refractivity contribution in [2.45, 2.75) is 38.6 Å². The van der Waals surface area contributed by atoms with Crippen LogP contribution in [0.5, 0.6) is 0 Å². The lowest BCUT2D eigenvalue weighted by Gasteiger charge is -2.33. The van der Waals surface area contributed by atoms with E-state index in [2.05, 4.69) is 23.7 Å². The summed E-state index contributed by atoms with van der Waals surface area (Å²) in [5.74, 6) is 6.45. The van der Waals surface area contributed by atoms with Crippen LogP contribution in [0.2, 0.25) is 0 Å². The lowest BCUT2D eigenvalue weighted by molar-refractivity contribution is 0.0673. The van der Waals surface area contributed by atoms with E-state index in [-0.39, 0.29) is 5.91 Å². The molecule has 0 spiro atoms. The van der Waals surface area contributed by atoms with Crippen LogP contribution in [0, 0.1) is 17.8 Å². The molecular formula is C17H23N3O. The van der Waals surface area contributed by atoms with Gasteiger partial charge in [-0.15, -0.1) is 0 Å². The molecule has 2 N–H and O–H groups in total. The molecule has 112 valence electrons. The number of hydrogen-bond acceptors (Lipinski definition) is 3. The van der Waals surface area contributed by atoms with Gasteiger partial charge >= 0.3 is 0 Å². The van der Waals surface area contributed by atoms with Crippen LogP contribution >= 0.6 is 0 Å². The zero-order valence-electron chi connectivity index (χ0n) is 12.8. The number of carbonyl (C=O) groups is 1. The molecule has 1 aromatic rings. The minimum absolute atomic E-state index is 0.00659. The molecule has 0 bridgehead atoms. The highest BCUT2D eigenvalue weighted by atomic mass is 16.2. The van der Waals surface area contributed by atoms with Crippen molar-refractivity contribution in [3.8, 4) is 11.8 Å². The molecule has 1 heterocycles. The van der Waals surface area contributed by atoms with Crippen molar-refractivity contribution >= 4 is 5.91 Å². The average molecular weight is 285 g/mol. The van der Waals surface area contributed by atoms with E-state index in [0.717, 1.165) is 24.3 Å². The Morgan fingerprint density at radius 1 is 1.38 bits per heavy atom. The molecular weight excluding hydrogens is 262 g/mol. The summed E-state index contributed by atoms with van der Waals surface area (Å²) in [5.41, 5.74) is 6.60. The molecule has 21 heavy (non-hydrogen) atoms. The normalized spacial score (nSPS) is 21.3. The van der Waals surface area contributed by atoms with Crippen molar-refractivity contribution in [2.24, 2.45) is 11.7 Å². The second-order valence-corrected chi connectivity index (χ2v) is 5.77. The Labute approximate surface area is 126 Å². The van der Waals surface area contributed by atoms with Gasteiger partial charge in [0.15, 0.2) is 0 Å². The van der Waals surface area contributed by atoms with Crippen LogP contribution in [0.3, 0.4) is 0 Å². The Morgan fingerprint density at radius 2 is 2.10 bits per heavy atom. The van der Waals surface area contributed by atoms with Gasteiger partial charge in [0.1, 0.15) is 5.69 Å². The predicted molar refractivity (Wildman–Crippen MR) is 83.7 cm³/mol. The molecule has 1 fully saturated rings. The lowest BCUT2D eigenvalue weighted by atomic mass is 9.86. The van der Waals surface area contributed by atoms with Gasteiger partial charge in [0.05, 0.1) is 6.54 Å². The largest absolute Gasteiger partial charge is 0.337 e. The van der Waals surface area contributed by atoms with Gasteiger partial charge in [-0.1, -0.05) is 18.8 Å². The number of amides is 1. The van der Waals surface area contributed by atoms with Gasteiger partial charge in [-0.3, -0.25) is 4.79 Å². The lowest BCUT2D eigenvalue weighted by Crippen LogP contribution is -2.39. The summed E-state index contributed by atoms with van der Waals surface area (Å²) in [7, 11) is 1.88. The Balaban J connectivity index is 2.02. The van der Waals surface area contributed by atoms with Crippen LogP contribution in [0.4, 0.5) is 0 Å². The summed E-state index contributed by atoms with van der Waals surface area (Å²) in [6.45, 7) is 2.60. The van der Waals surface area contributed by atoms with Gasteiger partial charge in [-0.25, -0.2) is 4.98 Å². The van der Waals surface area contributed by atoms with Crippen molar-refractivity contribution in [3.05, 3.63) is 29.6 Å². The molecule has 0 aliphatic heterocycles. The van der Waals surface area contributed by atoms with E-state index in [0.29, 0.717) is 18.3 Å². The maximum atomic E-state index is 12.5. The van der Waals surface area contributed by atoms with Crippen LogP contribution < -0.4 is 5.73 Å². The molecule has 1 aromatic heterocycles. The van der Waals surface area contributed by atoms with E-state index < -0.39 is 0 Å². The fraction of sp³-hybridized carbons (Fsp3) is 0.529. The molecule has 0 atom stereocenters. The Kier molecular flexibility index (Phi) is 5.35. The number of pyridine rings is 1. The van der Waals surface area contributed by atoms with Gasteiger partial charge in [0, 0.05) is 24.8 Å². The highest BCUT2D eigenvalue weighted by molar-refractivity contribution is 5.92. The maximum Gasteiger partial charge on any atom is 0.272 e. The number of aromatic nitrogens is 1. The number of rotatable bonds is 2. The Morgan fingerprint density at radius 3 is 2.67 bits per heavy atom. The third-order valence-electron chi connectivity index (χ3n) is 4.17. The summed E-state index contributed by atoms with van der Waals surface area (Å²) >= 11 is 0. The molecule has 0 aromatic carbocycles. The van der Waals surface area contributed by atoms with E-state index >= 15 is 0 Å². The van der Waals surface area contributed by atoms with Crippen LogP contribution in [0.25, 0.3) is 0 Å². The quantitative estimate of drug-likeness (QED) is 0.846. The first-order chi connectivity index (χ1) is 10.1. The standard InChI is InChI=1S/C17H23N3O/c1-13-5-8-15(9-6-13)20(2)17(21)16-10-7-14(12-19-16)4-3-11-18/h7,10,12-13,15H,5-6,8-9,11,18H2,1-2H3. The van der Waals surface area contributed by atoms with Crippen molar-refractivity contribution in [1.29, 1.82) is 0 Å². The zero-order chi connectivity index (χ0) is 15.2. The maximum absolute atomic E-state index is 12.5. The summed E-state index contributed by atoms with van der Waals surface area (Å²) in [6, 6.07) is 3.90. The number of hydrogen-bond donors (Lipinski definition) is 1. The van der Waals surface area contributed by atoms with Gasteiger partial charge in [-0.2, -0.15) is 0 Å². The minimum Gasteiger partial charge on any atom is -0.337 e. The zero-order valence-corrected chi connectivity index (χ0v) is 12.8. The summed E-state index contributed by atoms with van der Waals surface area (Å²) in [6.07, 6.45) is 6.20. The molecule has 1 amide bonds. The van der Waals surface area contributed by atoms with Gasteiger partial charge in [0.2, 0.25) is 0 Å². The fourth-order valence-corrected chi connectivity index (χ4v) is 2.72. The highest BCUT2D eigenvalue weighted by Crippen LogP contribution is 2.27. The molecule has 0 unspecified atom stereocenters. The van der Waals surface area contributed by atoms with E-state index in [1.165, 1.54) is 12.8 Å². The monoisotopic (exact) mass is 285 g/mol. The van der Waals surface area contributed by atoms with Gasteiger partial charge in [0.25, 0.3) is 5.91 Å². The van der Waals surface area contributed by atoms with Crippen molar-refractivity contribution < 1.29 is 4.79 Å². The number of carbonyl (C=O) groups excluding carboxylic acids is 1. The second kappa shape index (κ2) is 7.24. The first-order valence-corrected chi connectivity index (χ1v) is 7.54. The fourth-order valence-electron chi connectivity index (χ4n) is 2.72. The molecule has 2 rings (SSSR count). The smallest absolute Gasteiger partial charge is 0.272 e. The molecule has 1 saturated carbocycles. The van der Waals surface area contributed by atoms with Crippen LogP contribution in [0.15, 0.2) is 18.3 Å². The summed E-state index contributed by atoms with van der Waals surface area (Å²) in [4.78, 5) is 18.5. The minimum atomic E-state index is -0.00659. The van der Waals surface area contributed by atoms with Crippen LogP contribution in [-0.2, 0) is 0 Å². The van der Waals surface area contributed by atoms with Crippen molar-refractivity contribution in [1.82, 2.24) is 9.88 Å². The van der Waals surface area contributed by atoms with Crippen molar-refractivity contribution in [2.75, 3.05) is 13.6 Å². The SMILES string of the molecule is CC1CCC(N(C)C(=O)c2ccc(C#CCN)cn2)CC1. The molecule has 0 saturated heterocycles. The van der Waals surface area contributed by atoms with E-state index in [1.807, 2.05) is 18.0 Å².